The highest BCUT2D eigenvalue weighted by Gasteiger charge is 2.75. The van der Waals surface area contributed by atoms with E-state index in [1.165, 1.54) is 6.92 Å². The van der Waals surface area contributed by atoms with Crippen LogP contribution in [0.15, 0.2) is 34.8 Å². The highest BCUT2D eigenvalue weighted by Crippen LogP contribution is 2.67. The number of carbonyl (C=O) groups excluding carboxylic acids is 1. The molecule has 1 N–H and O–H groups in total. The Bertz CT molecular complexity index is 969. The quantitative estimate of drug-likeness (QED) is 0.630. The number of aliphatic imine (C=N–C) groups is 1. The molecule has 28 heavy (non-hydrogen) atoms. The largest absolute Gasteiger partial charge is 0.497 e. The smallest absolute Gasteiger partial charge is 0.302 e. The molecule has 0 radical (unpaired) electrons. The molecule has 7 rings (SSSR count). The summed E-state index contributed by atoms with van der Waals surface area (Å²) < 4.78 is 11.6. The Labute approximate surface area is 163 Å². The number of methoxy groups -OCH3 is 1. The second kappa shape index (κ2) is 5.24. The van der Waals surface area contributed by atoms with E-state index >= 15 is 0 Å². The van der Waals surface area contributed by atoms with Gasteiger partial charge in [0.05, 0.1) is 30.0 Å². The van der Waals surface area contributed by atoms with Crippen molar-refractivity contribution in [1.29, 1.82) is 0 Å². The summed E-state index contributed by atoms with van der Waals surface area (Å²) in [5.41, 5.74) is 3.79. The van der Waals surface area contributed by atoms with E-state index in [2.05, 4.69) is 11.0 Å². The van der Waals surface area contributed by atoms with Gasteiger partial charge in [0.1, 0.15) is 18.1 Å². The zero-order chi connectivity index (χ0) is 19.4. The third kappa shape index (κ3) is 1.68. The van der Waals surface area contributed by atoms with Gasteiger partial charge in [0.15, 0.2) is 0 Å². The lowest BCUT2D eigenvalue weighted by Crippen LogP contribution is -2.68. The number of aliphatic hydroxyl groups is 1. The number of fused-ring (bicyclic) bond motifs is 2. The van der Waals surface area contributed by atoms with E-state index in [4.69, 9.17) is 14.5 Å². The number of rotatable bonds is 2. The van der Waals surface area contributed by atoms with Crippen LogP contribution in [0.3, 0.4) is 0 Å². The maximum atomic E-state index is 12.1. The summed E-state index contributed by atoms with van der Waals surface area (Å²) in [4.78, 5) is 19.4. The summed E-state index contributed by atoms with van der Waals surface area (Å²) in [5, 5.41) is 11.1. The van der Waals surface area contributed by atoms with Gasteiger partial charge >= 0.3 is 5.97 Å². The fourth-order valence-electron chi connectivity index (χ4n) is 7.04. The van der Waals surface area contributed by atoms with Crippen molar-refractivity contribution < 1.29 is 19.4 Å². The standard InChI is InChI=1S/C22H24N2O4/c1-4-12-13-8-16-19-22(14-7-11(27-3)5-6-15(14)23-19)9-17(24(16)21(12)26)18(13)20(22)28-10(2)25/h4-7,13,16-18,20-21,26H,8-9H2,1-3H3/b12-4+/t13-,16-,17-,18-,20-,21+,22+/m0/s1. The van der Waals surface area contributed by atoms with Crippen LogP contribution in [0, 0.1) is 11.8 Å². The van der Waals surface area contributed by atoms with Crippen LogP contribution in [0.1, 0.15) is 32.3 Å². The van der Waals surface area contributed by atoms with Crippen LogP contribution in [0.5, 0.6) is 5.75 Å². The number of benzene rings is 1. The molecule has 5 bridgehead atoms. The Kier molecular flexibility index (Phi) is 3.14. The van der Waals surface area contributed by atoms with Crippen LogP contribution < -0.4 is 4.74 Å². The number of aliphatic hydroxyl groups excluding tert-OH is 1. The number of hydrogen-bond acceptors (Lipinski definition) is 6. The van der Waals surface area contributed by atoms with Crippen LogP contribution in [-0.4, -0.2) is 53.2 Å². The second-order valence-corrected chi connectivity index (χ2v) is 8.70. The van der Waals surface area contributed by atoms with Gasteiger partial charge < -0.3 is 14.6 Å². The molecule has 4 saturated heterocycles. The number of allylic oxidation sites excluding steroid dienone is 1. The van der Waals surface area contributed by atoms with Crippen LogP contribution >= 0.6 is 0 Å². The lowest BCUT2D eigenvalue weighted by molar-refractivity contribution is -0.156. The van der Waals surface area contributed by atoms with Crippen LogP contribution in [-0.2, 0) is 14.9 Å². The molecule has 6 aliphatic rings. The number of carbonyl (C=O) groups is 1. The first-order valence-electron chi connectivity index (χ1n) is 10.1. The molecule has 5 aliphatic heterocycles. The van der Waals surface area contributed by atoms with Gasteiger partial charge in [0.2, 0.25) is 0 Å². The fourth-order valence-corrected chi connectivity index (χ4v) is 7.04. The molecular formula is C22H24N2O4. The SMILES string of the molecule is C/C=C1/[C@@H](O)N2[C@H]3C[C@@H]1[C@H]1[C@@H]2C[C@@]2(C3=Nc3ccc(OC)cc32)[C@H]1OC(C)=O. The lowest BCUT2D eigenvalue weighted by atomic mass is 9.66. The zero-order valence-electron chi connectivity index (χ0n) is 16.3. The highest BCUT2D eigenvalue weighted by molar-refractivity contribution is 6.08. The maximum Gasteiger partial charge on any atom is 0.302 e. The van der Waals surface area contributed by atoms with E-state index in [0.717, 1.165) is 41.1 Å². The average molecular weight is 380 g/mol. The number of esters is 1. The average Bonchev–Trinajstić information content (AvgIpc) is 3.14. The van der Waals surface area contributed by atoms with Crippen molar-refractivity contribution in [2.24, 2.45) is 16.8 Å². The molecule has 1 unspecified atom stereocenters. The van der Waals surface area contributed by atoms with E-state index in [-0.39, 0.29) is 36.0 Å². The molecule has 8 atom stereocenters. The first-order valence-corrected chi connectivity index (χ1v) is 10.1. The van der Waals surface area contributed by atoms with Crippen LogP contribution in [0.25, 0.3) is 0 Å². The Morgan fingerprint density at radius 1 is 1.43 bits per heavy atom. The number of ether oxygens (including phenoxy) is 2. The van der Waals surface area contributed by atoms with Gasteiger partial charge in [-0.25, -0.2) is 0 Å². The van der Waals surface area contributed by atoms with Crippen molar-refractivity contribution in [2.45, 2.75) is 56.5 Å². The molecule has 146 valence electrons. The summed E-state index contributed by atoms with van der Waals surface area (Å²) in [5.74, 6) is 0.954. The fraction of sp³-hybridized carbons (Fsp3) is 0.545. The third-order valence-corrected chi connectivity index (χ3v) is 7.83. The van der Waals surface area contributed by atoms with Crippen molar-refractivity contribution in [1.82, 2.24) is 4.90 Å². The summed E-state index contributed by atoms with van der Waals surface area (Å²) in [6, 6.07) is 6.29. The van der Waals surface area contributed by atoms with Gasteiger partial charge in [-0.2, -0.15) is 0 Å². The van der Waals surface area contributed by atoms with Gasteiger partial charge in [-0.1, -0.05) is 6.08 Å². The van der Waals surface area contributed by atoms with Crippen molar-refractivity contribution in [3.63, 3.8) is 0 Å². The predicted octanol–water partition coefficient (Wildman–Crippen LogP) is 2.32. The first-order chi connectivity index (χ1) is 13.5. The number of hydrogen-bond donors (Lipinski definition) is 1. The minimum absolute atomic E-state index is 0.0950. The van der Waals surface area contributed by atoms with Gasteiger partial charge in [-0.3, -0.25) is 14.7 Å². The zero-order valence-corrected chi connectivity index (χ0v) is 16.3. The molecule has 1 saturated carbocycles. The number of piperidine rings is 4. The summed E-state index contributed by atoms with van der Waals surface area (Å²) in [7, 11) is 1.67. The molecule has 1 aromatic rings. The van der Waals surface area contributed by atoms with E-state index < -0.39 is 11.6 Å². The van der Waals surface area contributed by atoms with Gasteiger partial charge in [-0.15, -0.1) is 0 Å². The Hall–Kier alpha value is -2.18. The Balaban J connectivity index is 1.61. The van der Waals surface area contributed by atoms with E-state index in [0.29, 0.717) is 0 Å². The summed E-state index contributed by atoms with van der Waals surface area (Å²) in [6.45, 7) is 3.49. The maximum absolute atomic E-state index is 12.1. The molecule has 5 heterocycles. The van der Waals surface area contributed by atoms with Crippen LogP contribution in [0.2, 0.25) is 0 Å². The van der Waals surface area contributed by atoms with E-state index in [1.807, 2.05) is 25.1 Å². The molecule has 1 spiro atoms. The highest BCUT2D eigenvalue weighted by atomic mass is 16.5. The topological polar surface area (TPSA) is 71.4 Å². The molecule has 6 nitrogen and oxygen atoms in total. The van der Waals surface area contributed by atoms with E-state index in [1.54, 1.807) is 7.11 Å². The summed E-state index contributed by atoms with van der Waals surface area (Å²) >= 11 is 0. The minimum atomic E-state index is -0.565. The Morgan fingerprint density at radius 2 is 2.25 bits per heavy atom. The lowest BCUT2D eigenvalue weighted by Gasteiger charge is -2.58. The van der Waals surface area contributed by atoms with Crippen LogP contribution in [0.4, 0.5) is 5.69 Å². The Morgan fingerprint density at radius 3 is 2.96 bits per heavy atom. The third-order valence-electron chi connectivity index (χ3n) is 7.83. The van der Waals surface area contributed by atoms with E-state index in [9.17, 15) is 9.90 Å². The molecule has 5 fully saturated rings. The van der Waals surface area contributed by atoms with Crippen molar-refractivity contribution in [3.05, 3.63) is 35.4 Å². The van der Waals surface area contributed by atoms with Crippen molar-refractivity contribution in [2.75, 3.05) is 7.11 Å². The first kappa shape index (κ1) is 16.7. The predicted molar refractivity (Wildman–Crippen MR) is 103 cm³/mol. The van der Waals surface area contributed by atoms with Crippen molar-refractivity contribution >= 4 is 17.4 Å². The van der Waals surface area contributed by atoms with Gasteiger partial charge in [-0.05, 0) is 55.0 Å². The minimum Gasteiger partial charge on any atom is -0.497 e. The molecule has 6 heteroatoms. The second-order valence-electron chi connectivity index (χ2n) is 8.70. The molecule has 0 aromatic heterocycles. The normalized spacial score (nSPS) is 45.1. The molecule has 1 aromatic carbocycles. The van der Waals surface area contributed by atoms with Gasteiger partial charge in [0, 0.05) is 18.9 Å². The number of nitrogens with zero attached hydrogens (tertiary/aromatic N) is 2. The molecular weight excluding hydrogens is 356 g/mol. The molecule has 0 amide bonds. The van der Waals surface area contributed by atoms with Crippen molar-refractivity contribution in [3.8, 4) is 5.75 Å². The molecule has 1 aliphatic carbocycles. The van der Waals surface area contributed by atoms with Gasteiger partial charge in [0.25, 0.3) is 0 Å². The monoisotopic (exact) mass is 380 g/mol. The summed E-state index contributed by atoms with van der Waals surface area (Å²) in [6.07, 6.45) is 2.98.